The highest BCUT2D eigenvalue weighted by Crippen LogP contribution is 2.44. The number of imidazole rings is 1. The van der Waals surface area contributed by atoms with Gasteiger partial charge in [-0.05, 0) is 56.6 Å². The minimum absolute atomic E-state index is 0.0771. The van der Waals surface area contributed by atoms with Gasteiger partial charge in [0.25, 0.3) is 0 Å². The van der Waals surface area contributed by atoms with Crippen LogP contribution in [0.3, 0.4) is 0 Å². The number of aromatic nitrogens is 3. The highest BCUT2D eigenvalue weighted by molar-refractivity contribution is 6.01. The van der Waals surface area contributed by atoms with Crippen LogP contribution in [-0.2, 0) is 9.59 Å². The summed E-state index contributed by atoms with van der Waals surface area (Å²) in [6.07, 6.45) is 5.47. The summed E-state index contributed by atoms with van der Waals surface area (Å²) in [6.45, 7) is 6.98. The summed E-state index contributed by atoms with van der Waals surface area (Å²) in [5.41, 5.74) is 0.338. The fraction of sp³-hybridized carbons (Fsp3) is 0.645. The van der Waals surface area contributed by atoms with E-state index in [9.17, 15) is 32.3 Å². The lowest BCUT2D eigenvalue weighted by molar-refractivity contribution is -0.135. The number of amides is 2. The largest absolute Gasteiger partial charge is 0.388 e. The van der Waals surface area contributed by atoms with Crippen LogP contribution < -0.4 is 10.6 Å². The van der Waals surface area contributed by atoms with E-state index < -0.39 is 41.4 Å². The molecule has 1 unspecified atom stereocenters. The average Bonchev–Trinajstić information content (AvgIpc) is 3.56. The number of halogens is 4. The molecule has 3 heterocycles. The summed E-state index contributed by atoms with van der Waals surface area (Å²) in [5, 5.41) is 21.1. The molecule has 2 fully saturated rings. The van der Waals surface area contributed by atoms with Gasteiger partial charge in [-0.1, -0.05) is 13.8 Å². The number of nitrogens with one attached hydrogen (secondary N) is 2. The first kappa shape index (κ1) is 32.1. The Morgan fingerprint density at radius 2 is 1.80 bits per heavy atom. The van der Waals surface area contributed by atoms with Gasteiger partial charge in [-0.3, -0.25) is 14.6 Å². The van der Waals surface area contributed by atoms with Crippen molar-refractivity contribution in [2.75, 3.05) is 0 Å². The van der Waals surface area contributed by atoms with Crippen molar-refractivity contribution >= 4 is 23.7 Å². The van der Waals surface area contributed by atoms with Crippen LogP contribution in [0.4, 0.5) is 17.6 Å². The van der Waals surface area contributed by atoms with E-state index in [1.807, 2.05) is 13.8 Å². The van der Waals surface area contributed by atoms with Crippen molar-refractivity contribution in [3.05, 3.63) is 41.4 Å². The summed E-state index contributed by atoms with van der Waals surface area (Å²) < 4.78 is 56.1. The van der Waals surface area contributed by atoms with Crippen molar-refractivity contribution in [1.82, 2.24) is 25.2 Å². The maximum Gasteiger partial charge on any atom is 0.249 e. The Bertz CT molecular complexity index is 1450. The smallest absolute Gasteiger partial charge is 0.249 e. The molecule has 3 atom stereocenters. The van der Waals surface area contributed by atoms with E-state index in [0.717, 1.165) is 0 Å². The molecule has 3 N–H and O–H groups in total. The van der Waals surface area contributed by atoms with Crippen LogP contribution in [0.2, 0.25) is 0 Å². The van der Waals surface area contributed by atoms with Crippen molar-refractivity contribution in [1.29, 1.82) is 0 Å². The average molecular weight is 621 g/mol. The minimum Gasteiger partial charge on any atom is -0.388 e. The third-order valence-corrected chi connectivity index (χ3v) is 8.91. The fourth-order valence-corrected chi connectivity index (χ4v) is 6.49. The van der Waals surface area contributed by atoms with E-state index >= 15 is 0 Å². The molecule has 0 saturated heterocycles. The lowest BCUT2D eigenvalue weighted by Gasteiger charge is -2.35. The van der Waals surface area contributed by atoms with E-state index in [0.29, 0.717) is 22.5 Å². The SMILES string of the molecule is CC(C)C1N=CC=C1C(=O)N[C@H](c1cn2ncc([C@@H](NC(=O)CC3CC(F)(F)C3)C(C)(C)O)cc2n1)C1CCC(F)(F)CC1. The Morgan fingerprint density at radius 3 is 2.41 bits per heavy atom. The van der Waals surface area contributed by atoms with Gasteiger partial charge >= 0.3 is 0 Å². The molecule has 2 aromatic rings. The zero-order chi connectivity index (χ0) is 32.0. The van der Waals surface area contributed by atoms with Gasteiger partial charge in [0.15, 0.2) is 5.65 Å². The number of hydrogen-bond donors (Lipinski definition) is 3. The van der Waals surface area contributed by atoms with Crippen LogP contribution >= 0.6 is 0 Å². The highest BCUT2D eigenvalue weighted by atomic mass is 19.3. The van der Waals surface area contributed by atoms with E-state index in [4.69, 9.17) is 4.98 Å². The third-order valence-electron chi connectivity index (χ3n) is 8.91. The van der Waals surface area contributed by atoms with Crippen molar-refractivity contribution in [2.45, 2.75) is 108 Å². The standard InChI is InChI=1S/C31H40F4N6O3/c1-17(2)25-21(7-10-36-25)28(43)40-26(19-5-8-30(32,33)9-6-19)22-16-41-23(38-22)12-20(15-37-41)27(29(3,4)44)39-24(42)11-18-13-31(34,35)14-18/h7,10,12,15-19,25-27,44H,5-6,8-9,11,13-14H2,1-4H3,(H,39,42)(H,40,43)/t25?,26-,27+/m0/s1. The number of hydrogen-bond acceptors (Lipinski definition) is 6. The zero-order valence-electron chi connectivity index (χ0n) is 25.4. The van der Waals surface area contributed by atoms with Gasteiger partial charge in [0, 0.05) is 49.5 Å². The molecule has 0 aromatic carbocycles. The molecular formula is C31H40F4N6O3. The van der Waals surface area contributed by atoms with Crippen molar-refractivity contribution in [2.24, 2.45) is 22.7 Å². The molecule has 3 aliphatic rings. The summed E-state index contributed by atoms with van der Waals surface area (Å²) in [4.78, 5) is 35.3. The minimum atomic E-state index is -2.75. The van der Waals surface area contributed by atoms with Crippen molar-refractivity contribution < 1.29 is 32.3 Å². The van der Waals surface area contributed by atoms with Gasteiger partial charge in [0.1, 0.15) is 0 Å². The predicted octanol–water partition coefficient (Wildman–Crippen LogP) is 5.11. The first-order chi connectivity index (χ1) is 20.5. The number of aliphatic hydroxyl groups is 1. The molecule has 2 aromatic heterocycles. The molecule has 2 saturated carbocycles. The molecule has 1 aliphatic heterocycles. The molecule has 44 heavy (non-hydrogen) atoms. The van der Waals surface area contributed by atoms with Crippen LogP contribution in [0.1, 0.15) is 96.0 Å². The summed E-state index contributed by atoms with van der Waals surface area (Å²) >= 11 is 0. The first-order valence-electron chi connectivity index (χ1n) is 15.2. The third kappa shape index (κ3) is 7.13. The predicted molar refractivity (Wildman–Crippen MR) is 155 cm³/mol. The van der Waals surface area contributed by atoms with Crippen LogP contribution in [0.15, 0.2) is 35.1 Å². The monoisotopic (exact) mass is 620 g/mol. The molecule has 5 rings (SSSR count). The fourth-order valence-electron chi connectivity index (χ4n) is 6.49. The summed E-state index contributed by atoms with van der Waals surface area (Å²) in [7, 11) is 0. The van der Waals surface area contributed by atoms with Crippen LogP contribution in [0, 0.1) is 17.8 Å². The van der Waals surface area contributed by atoms with Crippen LogP contribution in [0.25, 0.3) is 5.65 Å². The van der Waals surface area contributed by atoms with E-state index in [2.05, 4.69) is 20.7 Å². The molecule has 0 spiro atoms. The molecule has 0 radical (unpaired) electrons. The number of rotatable bonds is 10. The molecule has 9 nitrogen and oxygen atoms in total. The molecule has 2 aliphatic carbocycles. The molecule has 0 bridgehead atoms. The van der Waals surface area contributed by atoms with E-state index in [1.54, 1.807) is 24.6 Å². The molecule has 2 amide bonds. The Morgan fingerprint density at radius 1 is 1.11 bits per heavy atom. The normalized spacial score (nSPS) is 23.3. The quantitative estimate of drug-likeness (QED) is 0.319. The highest BCUT2D eigenvalue weighted by Gasteiger charge is 2.46. The van der Waals surface area contributed by atoms with E-state index in [1.165, 1.54) is 24.6 Å². The second-order valence-electron chi connectivity index (χ2n) is 13.5. The number of carbonyl (C=O) groups excluding carboxylic acids is 2. The number of alkyl halides is 4. The number of fused-ring (bicyclic) bond motifs is 1. The summed E-state index contributed by atoms with van der Waals surface area (Å²) in [6, 6.07) is -0.228. The molecule has 240 valence electrons. The maximum atomic E-state index is 14.1. The Kier molecular flexibility index (Phi) is 8.65. The van der Waals surface area contributed by atoms with Gasteiger partial charge in [-0.25, -0.2) is 27.1 Å². The van der Waals surface area contributed by atoms with Gasteiger partial charge < -0.3 is 15.7 Å². The maximum absolute atomic E-state index is 14.1. The molecular weight excluding hydrogens is 580 g/mol. The van der Waals surface area contributed by atoms with Crippen LogP contribution in [-0.4, -0.2) is 61.2 Å². The zero-order valence-corrected chi connectivity index (χ0v) is 25.4. The van der Waals surface area contributed by atoms with Crippen molar-refractivity contribution in [3.8, 4) is 0 Å². The first-order valence-corrected chi connectivity index (χ1v) is 15.2. The number of nitrogens with zero attached hydrogens (tertiary/aromatic N) is 4. The van der Waals surface area contributed by atoms with Gasteiger partial charge in [-0.2, -0.15) is 5.10 Å². The van der Waals surface area contributed by atoms with E-state index in [-0.39, 0.29) is 68.7 Å². The summed E-state index contributed by atoms with van der Waals surface area (Å²) in [5.74, 6) is -6.88. The Labute approximate surface area is 253 Å². The lowest BCUT2D eigenvalue weighted by Crippen LogP contribution is -2.44. The van der Waals surface area contributed by atoms with Crippen LogP contribution in [0.5, 0.6) is 0 Å². The lowest BCUT2D eigenvalue weighted by atomic mass is 9.79. The van der Waals surface area contributed by atoms with Gasteiger partial charge in [-0.15, -0.1) is 0 Å². The topological polar surface area (TPSA) is 121 Å². The molecule has 13 heteroatoms. The number of carbonyl (C=O) groups is 2. The Hall–Kier alpha value is -3.35. The Balaban J connectivity index is 1.39. The van der Waals surface area contributed by atoms with Crippen molar-refractivity contribution in [3.63, 3.8) is 0 Å². The second kappa shape index (κ2) is 11.9. The number of aliphatic imine (C=N–C) groups is 1. The number of allylic oxidation sites excluding steroid dienone is 1. The van der Waals surface area contributed by atoms with Gasteiger partial charge in [0.05, 0.1) is 41.8 Å². The second-order valence-corrected chi connectivity index (χ2v) is 13.5. The van der Waals surface area contributed by atoms with Gasteiger partial charge in [0.2, 0.25) is 23.7 Å².